The van der Waals surface area contributed by atoms with Gasteiger partial charge in [-0.2, -0.15) is 0 Å². The number of likely N-dealkylation sites (tertiary alicyclic amines) is 1. The van der Waals surface area contributed by atoms with E-state index < -0.39 is 5.91 Å². The van der Waals surface area contributed by atoms with Crippen molar-refractivity contribution in [1.29, 1.82) is 0 Å². The summed E-state index contributed by atoms with van der Waals surface area (Å²) in [4.78, 5) is 38.9. The first-order chi connectivity index (χ1) is 14.4. The molecule has 2 aromatic rings. The van der Waals surface area contributed by atoms with Crippen molar-refractivity contribution in [3.63, 3.8) is 0 Å². The number of hydrogen-bond donors (Lipinski definition) is 2. The summed E-state index contributed by atoms with van der Waals surface area (Å²) in [6.07, 6.45) is 1.65. The van der Waals surface area contributed by atoms with E-state index in [2.05, 4.69) is 10.9 Å². The maximum absolute atomic E-state index is 12.5. The summed E-state index contributed by atoms with van der Waals surface area (Å²) in [7, 11) is 0. The van der Waals surface area contributed by atoms with Crippen LogP contribution in [-0.4, -0.2) is 42.3 Å². The predicted octanol–water partition coefficient (Wildman–Crippen LogP) is 2.37. The van der Waals surface area contributed by atoms with Crippen LogP contribution in [0, 0.1) is 19.8 Å². The van der Waals surface area contributed by atoms with Crippen LogP contribution >= 0.6 is 0 Å². The Balaban J connectivity index is 1.44. The van der Waals surface area contributed by atoms with Crippen LogP contribution in [0.1, 0.15) is 41.1 Å². The summed E-state index contributed by atoms with van der Waals surface area (Å²) in [5, 5.41) is 0. The molecule has 1 atom stereocenters. The molecule has 30 heavy (non-hydrogen) atoms. The number of nitrogens with zero attached hydrogens (tertiary/aromatic N) is 1. The van der Waals surface area contributed by atoms with Gasteiger partial charge >= 0.3 is 0 Å². The topological polar surface area (TPSA) is 101 Å². The van der Waals surface area contributed by atoms with Crippen LogP contribution in [0.5, 0.6) is 5.75 Å². The van der Waals surface area contributed by atoms with Crippen LogP contribution in [0.15, 0.2) is 40.8 Å². The Morgan fingerprint density at radius 3 is 2.63 bits per heavy atom. The van der Waals surface area contributed by atoms with Crippen molar-refractivity contribution in [3.05, 3.63) is 53.5 Å². The number of hydrogen-bond acceptors (Lipinski definition) is 5. The molecule has 2 heterocycles. The number of carbonyl (C=O) groups excluding carboxylic acids is 3. The van der Waals surface area contributed by atoms with E-state index in [1.54, 1.807) is 24.8 Å². The lowest BCUT2D eigenvalue weighted by atomic mass is 9.97. The van der Waals surface area contributed by atoms with E-state index in [0.717, 1.165) is 12.2 Å². The Labute approximate surface area is 175 Å². The van der Waals surface area contributed by atoms with Gasteiger partial charge in [-0.05, 0) is 44.9 Å². The van der Waals surface area contributed by atoms with Gasteiger partial charge in [0.05, 0.1) is 24.5 Å². The zero-order chi connectivity index (χ0) is 21.5. The second-order valence-corrected chi connectivity index (χ2v) is 7.36. The Bertz CT molecular complexity index is 893. The highest BCUT2D eigenvalue weighted by atomic mass is 16.5. The number of carbonyl (C=O) groups is 3. The normalized spacial score (nSPS) is 16.1. The van der Waals surface area contributed by atoms with Gasteiger partial charge in [0.2, 0.25) is 11.8 Å². The summed E-state index contributed by atoms with van der Waals surface area (Å²) >= 11 is 0. The van der Waals surface area contributed by atoms with Crippen LogP contribution in [0.3, 0.4) is 0 Å². The number of amides is 3. The summed E-state index contributed by atoms with van der Waals surface area (Å²) in [6.45, 7) is 4.68. The second-order valence-electron chi connectivity index (χ2n) is 7.36. The monoisotopic (exact) mass is 413 g/mol. The van der Waals surface area contributed by atoms with Gasteiger partial charge < -0.3 is 14.1 Å². The SMILES string of the molecule is Cc1cc(C(=O)NNC(=O)[C@H]2CCCN(C(=O)CCOc3ccccc3)C2)c(C)o1. The molecule has 0 unspecified atom stereocenters. The van der Waals surface area contributed by atoms with E-state index in [0.29, 0.717) is 36.6 Å². The van der Waals surface area contributed by atoms with Crippen molar-refractivity contribution in [2.24, 2.45) is 5.92 Å². The number of ether oxygens (including phenoxy) is 1. The first kappa shape index (κ1) is 21.4. The van der Waals surface area contributed by atoms with E-state index in [1.807, 2.05) is 30.3 Å². The molecule has 2 N–H and O–H groups in total. The number of para-hydroxylation sites is 1. The number of piperidine rings is 1. The average molecular weight is 413 g/mol. The first-order valence-electron chi connectivity index (χ1n) is 10.1. The third-order valence-electron chi connectivity index (χ3n) is 5.06. The van der Waals surface area contributed by atoms with Crippen molar-refractivity contribution >= 4 is 17.7 Å². The van der Waals surface area contributed by atoms with E-state index >= 15 is 0 Å². The zero-order valence-corrected chi connectivity index (χ0v) is 17.3. The standard InChI is InChI=1S/C22H27N3O5/c1-15-13-19(16(2)30-15)22(28)24-23-21(27)17-7-6-11-25(14-17)20(26)10-12-29-18-8-4-3-5-9-18/h3-5,8-9,13,17H,6-7,10-12,14H2,1-2H3,(H,23,27)(H,24,28)/t17-/m0/s1. The summed E-state index contributed by atoms with van der Waals surface area (Å²) in [5.41, 5.74) is 5.27. The molecule has 0 bridgehead atoms. The van der Waals surface area contributed by atoms with Crippen LogP contribution in [0.25, 0.3) is 0 Å². The largest absolute Gasteiger partial charge is 0.493 e. The summed E-state index contributed by atoms with van der Waals surface area (Å²) < 4.78 is 10.9. The van der Waals surface area contributed by atoms with Crippen LogP contribution in [-0.2, 0) is 9.59 Å². The quantitative estimate of drug-likeness (QED) is 0.708. The van der Waals surface area contributed by atoms with Gasteiger partial charge in [0.15, 0.2) is 0 Å². The minimum atomic E-state index is -0.431. The molecule has 8 nitrogen and oxygen atoms in total. The number of furan rings is 1. The Morgan fingerprint density at radius 1 is 1.17 bits per heavy atom. The molecule has 0 saturated carbocycles. The van der Waals surface area contributed by atoms with Crippen molar-refractivity contribution in [1.82, 2.24) is 15.8 Å². The molecular weight excluding hydrogens is 386 g/mol. The number of benzene rings is 1. The summed E-state index contributed by atoms with van der Waals surface area (Å²) in [5.74, 6) is 0.689. The van der Waals surface area contributed by atoms with Gasteiger partial charge in [0.25, 0.3) is 5.91 Å². The summed E-state index contributed by atoms with van der Waals surface area (Å²) in [6, 6.07) is 10.9. The zero-order valence-electron chi connectivity index (χ0n) is 17.3. The molecule has 0 radical (unpaired) electrons. The Hall–Kier alpha value is -3.29. The molecule has 1 aliphatic rings. The van der Waals surface area contributed by atoms with Crippen LogP contribution in [0.4, 0.5) is 0 Å². The lowest BCUT2D eigenvalue weighted by molar-refractivity contribution is -0.136. The molecule has 3 amide bonds. The highest BCUT2D eigenvalue weighted by Gasteiger charge is 2.28. The molecule has 0 spiro atoms. The maximum Gasteiger partial charge on any atom is 0.273 e. The molecule has 0 aliphatic carbocycles. The molecule has 1 saturated heterocycles. The Morgan fingerprint density at radius 2 is 1.93 bits per heavy atom. The van der Waals surface area contributed by atoms with Crippen molar-refractivity contribution in [2.45, 2.75) is 33.1 Å². The van der Waals surface area contributed by atoms with Gasteiger partial charge in [-0.3, -0.25) is 25.2 Å². The minimum Gasteiger partial charge on any atom is -0.493 e. The molecule has 1 aliphatic heterocycles. The fraction of sp³-hybridized carbons (Fsp3) is 0.409. The molecule has 3 rings (SSSR count). The third kappa shape index (κ3) is 5.62. The van der Waals surface area contributed by atoms with Gasteiger partial charge in [-0.25, -0.2) is 0 Å². The van der Waals surface area contributed by atoms with Crippen LogP contribution in [0.2, 0.25) is 0 Å². The number of aryl methyl sites for hydroxylation is 2. The lowest BCUT2D eigenvalue weighted by Gasteiger charge is -2.32. The van der Waals surface area contributed by atoms with Crippen molar-refractivity contribution in [3.8, 4) is 5.75 Å². The van der Waals surface area contributed by atoms with E-state index in [9.17, 15) is 14.4 Å². The van der Waals surface area contributed by atoms with Crippen molar-refractivity contribution in [2.75, 3.05) is 19.7 Å². The van der Waals surface area contributed by atoms with E-state index in [4.69, 9.17) is 9.15 Å². The fourth-order valence-electron chi connectivity index (χ4n) is 3.49. The van der Waals surface area contributed by atoms with E-state index in [1.165, 1.54) is 0 Å². The average Bonchev–Trinajstić information content (AvgIpc) is 3.10. The van der Waals surface area contributed by atoms with Gasteiger partial charge in [0.1, 0.15) is 17.3 Å². The number of rotatable bonds is 6. The molecular formula is C22H27N3O5. The third-order valence-corrected chi connectivity index (χ3v) is 5.06. The fourth-order valence-corrected chi connectivity index (χ4v) is 3.49. The van der Waals surface area contributed by atoms with Gasteiger partial charge in [0, 0.05) is 13.1 Å². The van der Waals surface area contributed by atoms with Crippen molar-refractivity contribution < 1.29 is 23.5 Å². The first-order valence-corrected chi connectivity index (χ1v) is 10.1. The highest BCUT2D eigenvalue weighted by Crippen LogP contribution is 2.18. The second kappa shape index (κ2) is 9.96. The molecule has 8 heteroatoms. The molecule has 1 aromatic carbocycles. The molecule has 160 valence electrons. The smallest absolute Gasteiger partial charge is 0.273 e. The maximum atomic E-state index is 12.5. The number of hydrazine groups is 1. The Kier molecular flexibility index (Phi) is 7.11. The molecule has 1 aromatic heterocycles. The predicted molar refractivity (Wildman–Crippen MR) is 110 cm³/mol. The van der Waals surface area contributed by atoms with Gasteiger partial charge in [-0.1, -0.05) is 18.2 Å². The molecule has 1 fully saturated rings. The van der Waals surface area contributed by atoms with Crippen LogP contribution < -0.4 is 15.6 Å². The van der Waals surface area contributed by atoms with Gasteiger partial charge in [-0.15, -0.1) is 0 Å². The minimum absolute atomic E-state index is 0.0445. The van der Waals surface area contributed by atoms with E-state index in [-0.39, 0.29) is 30.8 Å². The lowest BCUT2D eigenvalue weighted by Crippen LogP contribution is -2.50. The number of nitrogens with one attached hydrogen (secondary N) is 2. The highest BCUT2D eigenvalue weighted by molar-refractivity contribution is 5.96.